The monoisotopic (exact) mass is 208 g/mol. The Morgan fingerprint density at radius 2 is 2.13 bits per heavy atom. The van der Waals surface area contributed by atoms with Crippen molar-refractivity contribution in [3.8, 4) is 0 Å². The second-order valence-corrected chi connectivity index (χ2v) is 4.69. The fraction of sp³-hybridized carbons (Fsp3) is 0.692. The van der Waals surface area contributed by atoms with Crippen molar-refractivity contribution in [2.24, 2.45) is 11.8 Å². The summed E-state index contributed by atoms with van der Waals surface area (Å²) >= 11 is 0. The zero-order valence-electron chi connectivity index (χ0n) is 9.36. The maximum absolute atomic E-state index is 10.1. The molecule has 2 heteroatoms. The Kier molecular flexibility index (Phi) is 3.47. The van der Waals surface area contributed by atoms with Gasteiger partial charge in [0, 0.05) is 5.56 Å². The number of furan rings is 1. The highest BCUT2D eigenvalue weighted by Gasteiger charge is 2.26. The smallest absolute Gasteiger partial charge is 0.0960 e. The van der Waals surface area contributed by atoms with Crippen LogP contribution in [0.25, 0.3) is 0 Å². The van der Waals surface area contributed by atoms with Crippen molar-refractivity contribution < 1.29 is 9.52 Å². The van der Waals surface area contributed by atoms with Crippen LogP contribution in [0.1, 0.15) is 50.7 Å². The molecule has 2 rings (SSSR count). The van der Waals surface area contributed by atoms with Gasteiger partial charge in [-0.05, 0) is 30.7 Å². The van der Waals surface area contributed by atoms with Crippen LogP contribution in [-0.4, -0.2) is 5.11 Å². The van der Waals surface area contributed by atoms with E-state index in [1.54, 1.807) is 12.5 Å². The van der Waals surface area contributed by atoms with Crippen molar-refractivity contribution in [2.75, 3.05) is 0 Å². The Morgan fingerprint density at radius 1 is 1.40 bits per heavy atom. The highest BCUT2D eigenvalue weighted by molar-refractivity contribution is 5.10. The molecule has 1 N–H and O–H groups in total. The molecule has 1 aromatic heterocycles. The van der Waals surface area contributed by atoms with Crippen molar-refractivity contribution in [1.82, 2.24) is 0 Å². The Hall–Kier alpha value is -0.760. The van der Waals surface area contributed by atoms with Crippen LogP contribution < -0.4 is 0 Å². The fourth-order valence-corrected chi connectivity index (χ4v) is 2.63. The number of hydrogen-bond donors (Lipinski definition) is 1. The predicted octanol–water partition coefficient (Wildman–Crippen LogP) is 3.53. The van der Waals surface area contributed by atoms with Crippen LogP contribution >= 0.6 is 0 Å². The average molecular weight is 208 g/mol. The molecule has 0 spiro atoms. The van der Waals surface area contributed by atoms with Crippen LogP contribution in [0.15, 0.2) is 23.0 Å². The molecule has 1 saturated carbocycles. The maximum Gasteiger partial charge on any atom is 0.0960 e. The lowest BCUT2D eigenvalue weighted by atomic mass is 9.77. The molecule has 1 atom stereocenters. The van der Waals surface area contributed by atoms with Gasteiger partial charge in [0.2, 0.25) is 0 Å². The zero-order chi connectivity index (χ0) is 10.7. The van der Waals surface area contributed by atoms with Gasteiger partial charge in [0.1, 0.15) is 0 Å². The number of aliphatic hydroxyl groups excluding tert-OH is 1. The summed E-state index contributed by atoms with van der Waals surface area (Å²) in [5.74, 6) is 1.32. The SMILES string of the molecule is CCC1CCC(C(O)c2ccoc2)CC1. The van der Waals surface area contributed by atoms with Crippen LogP contribution in [0.2, 0.25) is 0 Å². The van der Waals surface area contributed by atoms with Crippen molar-refractivity contribution >= 4 is 0 Å². The molecule has 0 saturated heterocycles. The normalized spacial score (nSPS) is 28.9. The van der Waals surface area contributed by atoms with Gasteiger partial charge in [0.25, 0.3) is 0 Å². The van der Waals surface area contributed by atoms with Gasteiger partial charge in [0.15, 0.2) is 0 Å². The van der Waals surface area contributed by atoms with Gasteiger partial charge < -0.3 is 9.52 Å². The minimum absolute atomic E-state index is 0.318. The molecule has 0 radical (unpaired) electrons. The van der Waals surface area contributed by atoms with Crippen molar-refractivity contribution in [1.29, 1.82) is 0 Å². The second kappa shape index (κ2) is 4.84. The molecule has 15 heavy (non-hydrogen) atoms. The summed E-state index contributed by atoms with van der Waals surface area (Å²) in [6, 6.07) is 1.87. The van der Waals surface area contributed by atoms with E-state index in [0.29, 0.717) is 5.92 Å². The van der Waals surface area contributed by atoms with Gasteiger partial charge in [0.05, 0.1) is 18.6 Å². The zero-order valence-corrected chi connectivity index (χ0v) is 9.36. The number of rotatable bonds is 3. The lowest BCUT2D eigenvalue weighted by Gasteiger charge is -2.30. The Balaban J connectivity index is 1.90. The Morgan fingerprint density at radius 3 is 2.67 bits per heavy atom. The lowest BCUT2D eigenvalue weighted by molar-refractivity contribution is 0.0725. The molecule has 1 aliphatic carbocycles. The third kappa shape index (κ3) is 2.43. The van der Waals surface area contributed by atoms with Gasteiger partial charge in [-0.1, -0.05) is 26.2 Å². The third-order valence-electron chi connectivity index (χ3n) is 3.80. The summed E-state index contributed by atoms with van der Waals surface area (Å²) in [5, 5.41) is 10.1. The maximum atomic E-state index is 10.1. The van der Waals surface area contributed by atoms with E-state index in [1.165, 1.54) is 19.3 Å². The summed E-state index contributed by atoms with van der Waals surface area (Å²) in [7, 11) is 0. The first-order chi connectivity index (χ1) is 7.31. The Labute approximate surface area is 91.3 Å². The standard InChI is InChI=1S/C13H20O2/c1-2-10-3-5-11(6-4-10)13(14)12-7-8-15-9-12/h7-11,13-14H,2-6H2,1H3. The molecule has 1 fully saturated rings. The predicted molar refractivity (Wildman–Crippen MR) is 59.4 cm³/mol. The first-order valence-electron chi connectivity index (χ1n) is 6.01. The molecule has 0 amide bonds. The van der Waals surface area contributed by atoms with Crippen molar-refractivity contribution in [3.63, 3.8) is 0 Å². The van der Waals surface area contributed by atoms with Crippen LogP contribution in [-0.2, 0) is 0 Å². The average Bonchev–Trinajstić information content (AvgIpc) is 2.82. The lowest BCUT2D eigenvalue weighted by Crippen LogP contribution is -2.19. The van der Waals surface area contributed by atoms with Crippen molar-refractivity contribution in [3.05, 3.63) is 24.2 Å². The molecule has 1 aliphatic rings. The van der Waals surface area contributed by atoms with E-state index in [0.717, 1.165) is 24.3 Å². The summed E-state index contributed by atoms with van der Waals surface area (Å²) in [6.07, 6.45) is 9.13. The van der Waals surface area contributed by atoms with E-state index >= 15 is 0 Å². The summed E-state index contributed by atoms with van der Waals surface area (Å²) < 4.78 is 5.01. The van der Waals surface area contributed by atoms with Gasteiger partial charge in [-0.15, -0.1) is 0 Å². The van der Waals surface area contributed by atoms with Gasteiger partial charge in [-0.2, -0.15) is 0 Å². The molecular formula is C13H20O2. The summed E-state index contributed by atoms with van der Waals surface area (Å²) in [6.45, 7) is 2.26. The molecule has 1 unspecified atom stereocenters. The van der Waals surface area contributed by atoms with Crippen LogP contribution in [0.3, 0.4) is 0 Å². The van der Waals surface area contributed by atoms with Crippen LogP contribution in [0.5, 0.6) is 0 Å². The number of aliphatic hydroxyl groups is 1. The molecule has 84 valence electrons. The summed E-state index contributed by atoms with van der Waals surface area (Å²) in [4.78, 5) is 0. The van der Waals surface area contributed by atoms with Crippen LogP contribution in [0, 0.1) is 11.8 Å². The van der Waals surface area contributed by atoms with E-state index in [2.05, 4.69) is 6.92 Å². The molecule has 1 heterocycles. The minimum Gasteiger partial charge on any atom is -0.472 e. The Bertz CT molecular complexity index is 271. The van der Waals surface area contributed by atoms with Crippen LogP contribution in [0.4, 0.5) is 0 Å². The molecule has 0 aliphatic heterocycles. The first kappa shape index (κ1) is 10.7. The van der Waals surface area contributed by atoms with E-state index in [-0.39, 0.29) is 6.10 Å². The van der Waals surface area contributed by atoms with Gasteiger partial charge in [-0.25, -0.2) is 0 Å². The topological polar surface area (TPSA) is 33.4 Å². The van der Waals surface area contributed by atoms with Gasteiger partial charge in [-0.3, -0.25) is 0 Å². The van der Waals surface area contributed by atoms with E-state index in [9.17, 15) is 5.11 Å². The van der Waals surface area contributed by atoms with Gasteiger partial charge >= 0.3 is 0 Å². The number of hydrogen-bond acceptors (Lipinski definition) is 2. The molecule has 1 aromatic rings. The highest BCUT2D eigenvalue weighted by Crippen LogP contribution is 2.37. The second-order valence-electron chi connectivity index (χ2n) is 4.69. The third-order valence-corrected chi connectivity index (χ3v) is 3.80. The summed E-state index contributed by atoms with van der Waals surface area (Å²) in [5.41, 5.74) is 0.940. The molecule has 2 nitrogen and oxygen atoms in total. The fourth-order valence-electron chi connectivity index (χ4n) is 2.63. The van der Waals surface area contributed by atoms with E-state index in [4.69, 9.17) is 4.42 Å². The molecule has 0 bridgehead atoms. The largest absolute Gasteiger partial charge is 0.472 e. The molecular weight excluding hydrogens is 188 g/mol. The van der Waals surface area contributed by atoms with E-state index < -0.39 is 0 Å². The molecule has 0 aromatic carbocycles. The minimum atomic E-state index is -0.318. The first-order valence-corrected chi connectivity index (χ1v) is 6.01. The highest BCUT2D eigenvalue weighted by atomic mass is 16.3. The van der Waals surface area contributed by atoms with E-state index in [1.807, 2.05) is 6.07 Å². The van der Waals surface area contributed by atoms with Crippen molar-refractivity contribution in [2.45, 2.75) is 45.1 Å². The quantitative estimate of drug-likeness (QED) is 0.824.